The fourth-order valence-electron chi connectivity index (χ4n) is 0.603. The molecule has 5 nitrogen and oxygen atoms in total. The summed E-state index contributed by atoms with van der Waals surface area (Å²) in [5.74, 6) is -0.116. The lowest BCUT2D eigenvalue weighted by molar-refractivity contribution is -0.122. The van der Waals surface area contributed by atoms with Gasteiger partial charge >= 0.3 is 0 Å². The first kappa shape index (κ1) is 21.4. The van der Waals surface area contributed by atoms with Crippen molar-refractivity contribution >= 4 is 12.2 Å². The van der Waals surface area contributed by atoms with E-state index in [1.807, 2.05) is 27.8 Å². The molecule has 0 fully saturated rings. The molecule has 0 aliphatic heterocycles. The van der Waals surface area contributed by atoms with Crippen LogP contribution in [0.4, 0.5) is 0 Å². The van der Waals surface area contributed by atoms with Gasteiger partial charge in [0, 0.05) is 12.5 Å². The minimum Gasteiger partial charge on any atom is -0.349 e. The van der Waals surface area contributed by atoms with Gasteiger partial charge < -0.3 is 21.2 Å². The number of hydrogen-bond acceptors (Lipinski definition) is 4. The minimum atomic E-state index is -0.116. The molecule has 0 aromatic heterocycles. The Kier molecular flexibility index (Phi) is 25.7. The number of carbonyl (C=O) groups is 2. The smallest absolute Gasteiger partial charge is 0.220 e. The van der Waals surface area contributed by atoms with Crippen LogP contribution in [0.5, 0.6) is 0 Å². The second kappa shape index (κ2) is 20.5. The summed E-state index contributed by atoms with van der Waals surface area (Å²) in [7, 11) is 1.93. The molecule has 0 heterocycles. The highest BCUT2D eigenvalue weighted by Crippen LogP contribution is 1.91. The molecule has 0 aromatic rings. The molecule has 4 N–H and O–H groups in total. The third-order valence-corrected chi connectivity index (χ3v) is 1.56. The molecule has 1 amide bonds. The zero-order valence-corrected chi connectivity index (χ0v) is 11.9. The minimum absolute atomic E-state index is 0.0389. The molecule has 0 bridgehead atoms. The summed E-state index contributed by atoms with van der Waals surface area (Å²) in [6.45, 7) is 9.07. The topological polar surface area (TPSA) is 84.2 Å². The fourth-order valence-corrected chi connectivity index (χ4v) is 0.603. The van der Waals surface area contributed by atoms with Crippen molar-refractivity contribution < 1.29 is 9.59 Å². The molecule has 0 aromatic carbocycles. The lowest BCUT2D eigenvalue weighted by Gasteiger charge is -2.03. The highest BCUT2D eigenvalue weighted by Gasteiger charge is 2.01. The second-order valence-corrected chi connectivity index (χ2v) is 3.19. The van der Waals surface area contributed by atoms with E-state index in [4.69, 9.17) is 5.73 Å². The van der Waals surface area contributed by atoms with E-state index in [0.717, 1.165) is 6.54 Å². The van der Waals surface area contributed by atoms with Crippen LogP contribution in [0.2, 0.25) is 0 Å². The van der Waals surface area contributed by atoms with Crippen LogP contribution in [0.1, 0.15) is 40.5 Å². The van der Waals surface area contributed by atoms with Crippen molar-refractivity contribution in [2.24, 2.45) is 5.73 Å². The van der Waals surface area contributed by atoms with Crippen molar-refractivity contribution in [3.05, 3.63) is 0 Å². The van der Waals surface area contributed by atoms with E-state index >= 15 is 0 Å². The fraction of sp³-hybridized carbons (Fsp3) is 0.833. The summed E-state index contributed by atoms with van der Waals surface area (Å²) in [4.78, 5) is 20.6. The Balaban J connectivity index is -0.000000275. The van der Waals surface area contributed by atoms with Crippen molar-refractivity contribution in [3.8, 4) is 0 Å². The Bertz CT molecular complexity index is 160. The highest BCUT2D eigenvalue weighted by atomic mass is 16.2. The van der Waals surface area contributed by atoms with Gasteiger partial charge in [0.25, 0.3) is 0 Å². The van der Waals surface area contributed by atoms with Crippen molar-refractivity contribution in [1.29, 1.82) is 0 Å². The first-order valence-corrected chi connectivity index (χ1v) is 6.18. The van der Waals surface area contributed by atoms with Crippen LogP contribution in [0, 0.1) is 0 Å². The summed E-state index contributed by atoms with van der Waals surface area (Å²) in [5.41, 5.74) is 5.42. The lowest BCUT2D eigenvalue weighted by Crippen LogP contribution is -2.27. The van der Waals surface area contributed by atoms with E-state index in [1.54, 1.807) is 0 Å². The maximum Gasteiger partial charge on any atom is 0.220 e. The van der Waals surface area contributed by atoms with E-state index in [9.17, 15) is 9.59 Å². The molecule has 5 heteroatoms. The number of carbonyl (C=O) groups excluding carboxylic acids is 2. The van der Waals surface area contributed by atoms with Crippen molar-refractivity contribution in [1.82, 2.24) is 10.6 Å². The summed E-state index contributed by atoms with van der Waals surface area (Å²) < 4.78 is 0. The standard InChI is InChI=1S/C7H14N2O2.C3H9N.C2H6/c1-6(8)2-3-7(11)9-4-5-10;1-3-4-2;1-2/h5-6H,2-4,8H2,1H3,(H,9,11);4H,3H2,1-2H3;1-2H3. The Morgan fingerprint density at radius 3 is 2.18 bits per heavy atom. The number of nitrogens with one attached hydrogen (secondary N) is 2. The number of hydrogen-bond donors (Lipinski definition) is 3. The summed E-state index contributed by atoms with van der Waals surface area (Å²) in [5, 5.41) is 5.36. The van der Waals surface area contributed by atoms with Crippen LogP contribution in [0.25, 0.3) is 0 Å². The van der Waals surface area contributed by atoms with Crippen LogP contribution >= 0.6 is 0 Å². The van der Waals surface area contributed by atoms with Crippen molar-refractivity contribution in [3.63, 3.8) is 0 Å². The van der Waals surface area contributed by atoms with Gasteiger partial charge in [0.1, 0.15) is 6.29 Å². The predicted octanol–water partition coefficient (Wildman–Crippen LogP) is 0.681. The van der Waals surface area contributed by atoms with Crippen LogP contribution in [-0.4, -0.2) is 38.4 Å². The largest absolute Gasteiger partial charge is 0.349 e. The van der Waals surface area contributed by atoms with Gasteiger partial charge in [0.15, 0.2) is 0 Å². The molecule has 17 heavy (non-hydrogen) atoms. The molecule has 1 atom stereocenters. The molecule has 0 rings (SSSR count). The number of rotatable bonds is 6. The summed E-state index contributed by atoms with van der Waals surface area (Å²) >= 11 is 0. The van der Waals surface area contributed by atoms with E-state index in [2.05, 4.69) is 17.6 Å². The van der Waals surface area contributed by atoms with E-state index < -0.39 is 0 Å². The zero-order chi connectivity index (χ0) is 14.1. The van der Waals surface area contributed by atoms with Crippen LogP contribution in [0.3, 0.4) is 0 Å². The third kappa shape index (κ3) is 31.3. The van der Waals surface area contributed by atoms with Gasteiger partial charge in [0.2, 0.25) is 5.91 Å². The zero-order valence-electron chi connectivity index (χ0n) is 11.9. The summed E-state index contributed by atoms with van der Waals surface area (Å²) in [6.07, 6.45) is 1.71. The number of nitrogens with two attached hydrogens (primary N) is 1. The third-order valence-electron chi connectivity index (χ3n) is 1.56. The monoisotopic (exact) mass is 247 g/mol. The molecule has 0 aliphatic carbocycles. The van der Waals surface area contributed by atoms with Gasteiger partial charge in [-0.1, -0.05) is 20.8 Å². The van der Waals surface area contributed by atoms with Gasteiger partial charge in [-0.25, -0.2) is 0 Å². The molecule has 0 aliphatic rings. The van der Waals surface area contributed by atoms with Gasteiger partial charge in [-0.3, -0.25) is 4.79 Å². The number of aldehydes is 1. The molecule has 104 valence electrons. The summed E-state index contributed by atoms with van der Waals surface area (Å²) in [6, 6.07) is 0.0389. The van der Waals surface area contributed by atoms with Gasteiger partial charge in [-0.05, 0) is 26.9 Å². The normalized spacial score (nSPS) is 10.0. The average molecular weight is 247 g/mol. The Hall–Kier alpha value is -0.940. The Morgan fingerprint density at radius 2 is 1.88 bits per heavy atom. The van der Waals surface area contributed by atoms with Crippen LogP contribution < -0.4 is 16.4 Å². The molecule has 0 spiro atoms. The molecule has 1 unspecified atom stereocenters. The maximum absolute atomic E-state index is 10.8. The quantitative estimate of drug-likeness (QED) is 0.603. The first-order chi connectivity index (χ1) is 8.08. The van der Waals surface area contributed by atoms with Gasteiger partial charge in [0.05, 0.1) is 6.54 Å². The van der Waals surface area contributed by atoms with Crippen LogP contribution in [0.15, 0.2) is 0 Å². The average Bonchev–Trinajstić information content (AvgIpc) is 2.36. The van der Waals surface area contributed by atoms with E-state index in [1.165, 1.54) is 0 Å². The predicted molar refractivity (Wildman–Crippen MR) is 72.9 cm³/mol. The second-order valence-electron chi connectivity index (χ2n) is 3.19. The van der Waals surface area contributed by atoms with E-state index in [0.29, 0.717) is 19.1 Å². The van der Waals surface area contributed by atoms with E-state index in [-0.39, 0.29) is 18.5 Å². The maximum atomic E-state index is 10.8. The van der Waals surface area contributed by atoms with Crippen LogP contribution in [-0.2, 0) is 9.59 Å². The van der Waals surface area contributed by atoms with Gasteiger partial charge in [-0.15, -0.1) is 0 Å². The van der Waals surface area contributed by atoms with Crippen molar-refractivity contribution in [2.45, 2.75) is 46.6 Å². The SMILES string of the molecule is CC.CC(N)CCC(=O)NCC=O.CCNC. The molecular formula is C12H29N3O2. The highest BCUT2D eigenvalue weighted by molar-refractivity contribution is 5.78. The molecule has 0 saturated carbocycles. The molecule has 0 radical (unpaired) electrons. The molecular weight excluding hydrogens is 218 g/mol. The van der Waals surface area contributed by atoms with Gasteiger partial charge in [-0.2, -0.15) is 0 Å². The lowest BCUT2D eigenvalue weighted by atomic mass is 10.2. The Labute approximate surface area is 106 Å². The Morgan fingerprint density at radius 1 is 1.41 bits per heavy atom. The first-order valence-electron chi connectivity index (χ1n) is 6.18. The number of amides is 1. The molecule has 0 saturated heterocycles. The van der Waals surface area contributed by atoms with Crippen molar-refractivity contribution in [2.75, 3.05) is 20.1 Å².